The molecule has 0 radical (unpaired) electrons. The van der Waals surface area contributed by atoms with Crippen LogP contribution in [0.2, 0.25) is 0 Å². The molecule has 78 valence electrons. The number of aliphatic hydroxyl groups is 1. The van der Waals surface area contributed by atoms with Gasteiger partial charge in [0.05, 0.1) is 6.10 Å². The van der Waals surface area contributed by atoms with E-state index in [1.807, 2.05) is 0 Å². The van der Waals surface area contributed by atoms with Gasteiger partial charge in [0.2, 0.25) is 5.69 Å². The van der Waals surface area contributed by atoms with Crippen molar-refractivity contribution in [3.05, 3.63) is 46.4 Å². The van der Waals surface area contributed by atoms with E-state index in [0.717, 1.165) is 11.3 Å². The van der Waals surface area contributed by atoms with Crippen LogP contribution >= 0.6 is 0 Å². The summed E-state index contributed by atoms with van der Waals surface area (Å²) in [5.74, 6) is 0. The summed E-state index contributed by atoms with van der Waals surface area (Å²) in [7, 11) is 0. The first-order valence-electron chi connectivity index (χ1n) is 4.55. The van der Waals surface area contributed by atoms with Crippen LogP contribution in [-0.4, -0.2) is 10.4 Å². The normalized spacial score (nSPS) is 12.7. The minimum Gasteiger partial charge on any atom is -0.389 e. The largest absolute Gasteiger partial charge is 0.427 e. The van der Waals surface area contributed by atoms with Crippen molar-refractivity contribution in [2.24, 2.45) is 0 Å². The minimum atomic E-state index is -0.493. The summed E-state index contributed by atoms with van der Waals surface area (Å²) >= 11 is 0. The molecule has 5 heteroatoms. The van der Waals surface area contributed by atoms with Gasteiger partial charge in [0.25, 0.3) is 6.20 Å². The Hall–Kier alpha value is -1.88. The topological polar surface area (TPSA) is 70.1 Å². The molecule has 1 heterocycles. The number of rotatable bonds is 2. The summed E-state index contributed by atoms with van der Waals surface area (Å²) in [5.41, 5.74) is 1.16. The highest BCUT2D eigenvalue weighted by Crippen LogP contribution is 2.11. The molecule has 0 unspecified atom stereocenters. The summed E-state index contributed by atoms with van der Waals surface area (Å²) in [6.45, 7) is 1.70. The van der Waals surface area contributed by atoms with Crippen LogP contribution in [0.5, 0.6) is 0 Å². The molecule has 0 amide bonds. The fourth-order valence-electron chi connectivity index (χ4n) is 1.29. The molecular weight excluding hydrogens is 196 g/mol. The van der Waals surface area contributed by atoms with E-state index >= 15 is 0 Å². The first-order valence-corrected chi connectivity index (χ1v) is 4.55. The van der Waals surface area contributed by atoms with Crippen LogP contribution in [0.1, 0.15) is 18.6 Å². The first-order chi connectivity index (χ1) is 7.16. The molecule has 0 aliphatic heterocycles. The number of aliphatic hydroxyl groups excluding tert-OH is 1. The molecule has 5 nitrogen and oxygen atoms in total. The zero-order valence-corrected chi connectivity index (χ0v) is 8.18. The van der Waals surface area contributed by atoms with Gasteiger partial charge in [-0.15, -0.1) is 0 Å². The number of hydrogen-bond donors (Lipinski definition) is 2. The van der Waals surface area contributed by atoms with Gasteiger partial charge >= 0.3 is 5.63 Å². The van der Waals surface area contributed by atoms with Gasteiger partial charge in [-0.05, 0) is 34.6 Å². The molecule has 0 saturated heterocycles. The average Bonchev–Trinajstić information content (AvgIpc) is 2.65. The fourth-order valence-corrected chi connectivity index (χ4v) is 1.29. The predicted molar refractivity (Wildman–Crippen MR) is 51.5 cm³/mol. The number of nitrogens with zero attached hydrogens (tertiary/aromatic N) is 1. The Labute approximate surface area is 85.5 Å². The van der Waals surface area contributed by atoms with E-state index < -0.39 is 11.7 Å². The van der Waals surface area contributed by atoms with Crippen molar-refractivity contribution in [1.29, 1.82) is 0 Å². The third-order valence-corrected chi connectivity index (χ3v) is 2.13. The van der Waals surface area contributed by atoms with Crippen molar-refractivity contribution in [2.45, 2.75) is 13.0 Å². The van der Waals surface area contributed by atoms with Crippen LogP contribution in [0, 0.1) is 0 Å². The Kier molecular flexibility index (Phi) is 2.39. The van der Waals surface area contributed by atoms with Crippen LogP contribution in [0.4, 0.5) is 0 Å². The Morgan fingerprint density at radius 3 is 2.53 bits per heavy atom. The molecule has 0 fully saturated rings. The lowest BCUT2D eigenvalue weighted by molar-refractivity contribution is -0.670. The lowest BCUT2D eigenvalue weighted by Gasteiger charge is -2.02. The van der Waals surface area contributed by atoms with Gasteiger partial charge in [0, 0.05) is 12.1 Å². The summed E-state index contributed by atoms with van der Waals surface area (Å²) < 4.78 is 6.00. The van der Waals surface area contributed by atoms with Gasteiger partial charge in [0.1, 0.15) is 0 Å². The fraction of sp³-hybridized carbons (Fsp3) is 0.200. The molecule has 2 N–H and O–H groups in total. The van der Waals surface area contributed by atoms with Crippen molar-refractivity contribution >= 4 is 0 Å². The molecule has 2 rings (SSSR count). The summed E-state index contributed by atoms with van der Waals surface area (Å²) in [4.78, 5) is 10.8. The quantitative estimate of drug-likeness (QED) is 0.696. The van der Waals surface area contributed by atoms with Crippen LogP contribution in [0.15, 0.2) is 39.8 Å². The Morgan fingerprint density at radius 2 is 2.07 bits per heavy atom. The zero-order valence-electron chi connectivity index (χ0n) is 8.18. The lowest BCUT2D eigenvalue weighted by atomic mass is 10.1. The van der Waals surface area contributed by atoms with Crippen LogP contribution in [0.3, 0.4) is 0 Å². The number of nitrogens with one attached hydrogen (secondary N) is 1. The highest BCUT2D eigenvalue weighted by atomic mass is 16.5. The number of benzene rings is 1. The Bertz CT molecular complexity index is 496. The molecule has 15 heavy (non-hydrogen) atoms. The summed E-state index contributed by atoms with van der Waals surface area (Å²) in [5, 5.41) is 11.7. The Balaban J connectivity index is 2.35. The van der Waals surface area contributed by atoms with E-state index in [-0.39, 0.29) is 0 Å². The van der Waals surface area contributed by atoms with E-state index in [1.165, 1.54) is 10.9 Å². The molecule has 0 aliphatic carbocycles. The maximum absolute atomic E-state index is 10.8. The molecular formula is C10H11N2O3+. The van der Waals surface area contributed by atoms with Crippen molar-refractivity contribution in [2.75, 3.05) is 0 Å². The summed E-state index contributed by atoms with van der Waals surface area (Å²) in [6.07, 6.45) is 0.810. The monoisotopic (exact) mass is 207 g/mol. The lowest BCUT2D eigenvalue weighted by Crippen LogP contribution is -2.32. The molecule has 1 aromatic heterocycles. The van der Waals surface area contributed by atoms with Crippen molar-refractivity contribution in [3.63, 3.8) is 0 Å². The molecule has 1 atom stereocenters. The number of hydrogen-bond acceptors (Lipinski definition) is 3. The maximum Gasteiger partial charge on any atom is 0.427 e. The van der Waals surface area contributed by atoms with Gasteiger partial charge < -0.3 is 5.11 Å². The van der Waals surface area contributed by atoms with Crippen LogP contribution in [-0.2, 0) is 0 Å². The van der Waals surface area contributed by atoms with Crippen LogP contribution in [0.25, 0.3) is 5.69 Å². The molecule has 0 bridgehead atoms. The van der Waals surface area contributed by atoms with E-state index in [2.05, 4.69) is 9.79 Å². The van der Waals surface area contributed by atoms with Crippen molar-refractivity contribution in [1.82, 2.24) is 5.27 Å². The number of aromatic amines is 1. The first kappa shape index (κ1) is 9.67. The highest BCUT2D eigenvalue weighted by Gasteiger charge is 2.10. The molecule has 1 aromatic carbocycles. The predicted octanol–water partition coefficient (Wildman–Crippen LogP) is 0.298. The second-order valence-corrected chi connectivity index (χ2v) is 3.28. The van der Waals surface area contributed by atoms with Gasteiger partial charge in [-0.3, -0.25) is 4.52 Å². The number of aromatic nitrogens is 2. The van der Waals surface area contributed by atoms with E-state index in [0.29, 0.717) is 0 Å². The molecule has 0 aliphatic rings. The summed E-state index contributed by atoms with van der Waals surface area (Å²) in [6, 6.07) is 7.15. The maximum atomic E-state index is 10.8. The average molecular weight is 207 g/mol. The van der Waals surface area contributed by atoms with E-state index in [9.17, 15) is 9.90 Å². The van der Waals surface area contributed by atoms with Gasteiger partial charge in [-0.1, -0.05) is 0 Å². The zero-order chi connectivity index (χ0) is 10.8. The van der Waals surface area contributed by atoms with Gasteiger partial charge in [-0.2, -0.15) is 0 Å². The second kappa shape index (κ2) is 3.70. The SMILES string of the molecule is C[C@H](O)c1ccc(-[n+]2cc(=O)o[nH]2)cc1. The van der Waals surface area contributed by atoms with Crippen molar-refractivity contribution in [3.8, 4) is 5.69 Å². The molecule has 0 saturated carbocycles. The van der Waals surface area contributed by atoms with Gasteiger partial charge in [-0.25, -0.2) is 4.79 Å². The molecule has 2 aromatic rings. The Morgan fingerprint density at radius 1 is 1.40 bits per heavy atom. The number of H-pyrrole nitrogens is 1. The smallest absolute Gasteiger partial charge is 0.389 e. The van der Waals surface area contributed by atoms with Crippen LogP contribution < -0.4 is 10.3 Å². The minimum absolute atomic E-state index is 0.436. The second-order valence-electron chi connectivity index (χ2n) is 3.28. The van der Waals surface area contributed by atoms with Crippen molar-refractivity contribution < 1.29 is 14.3 Å². The third-order valence-electron chi connectivity index (χ3n) is 2.13. The standard InChI is InChI=1S/C10H10N2O3/c1-7(13)8-2-4-9(5-3-8)12-6-10(14)15-11-12/h2-7,13H,1H3/p+1/t7-/m0/s1. The molecule has 0 spiro atoms. The van der Waals surface area contributed by atoms with E-state index in [1.54, 1.807) is 31.2 Å². The van der Waals surface area contributed by atoms with E-state index in [4.69, 9.17) is 0 Å². The highest BCUT2D eigenvalue weighted by molar-refractivity contribution is 5.27. The third kappa shape index (κ3) is 1.97. The van der Waals surface area contributed by atoms with Gasteiger partial charge in [0.15, 0.2) is 0 Å².